The number of hydrogen-bond donors (Lipinski definition) is 1. The third kappa shape index (κ3) is 3.14. The highest BCUT2D eigenvalue weighted by atomic mass is 79.9. The summed E-state index contributed by atoms with van der Waals surface area (Å²) in [7, 11) is 1.79. The van der Waals surface area contributed by atoms with Crippen LogP contribution in [0.25, 0.3) is 0 Å². The van der Waals surface area contributed by atoms with Gasteiger partial charge in [-0.15, -0.1) is 0 Å². The van der Waals surface area contributed by atoms with E-state index in [0.717, 1.165) is 26.1 Å². The molecule has 1 aliphatic heterocycles. The molecule has 0 saturated carbocycles. The maximum atomic E-state index is 5.29. The average Bonchev–Trinajstić information content (AvgIpc) is 2.37. The minimum Gasteiger partial charge on any atom is -0.385 e. The summed E-state index contributed by atoms with van der Waals surface area (Å²) >= 11 is 3.57. The molecule has 0 bridgehead atoms. The molecule has 2 atom stereocenters. The zero-order chi connectivity index (χ0) is 13.0. The zero-order valence-corrected chi connectivity index (χ0v) is 12.8. The quantitative estimate of drug-likeness (QED) is 0.918. The zero-order valence-electron chi connectivity index (χ0n) is 11.2. The first-order valence-corrected chi connectivity index (χ1v) is 7.40. The van der Waals surface area contributed by atoms with Gasteiger partial charge in [0.15, 0.2) is 0 Å². The maximum Gasteiger partial charge on any atom is 0.0467 e. The number of nitrogens with one attached hydrogen (secondary N) is 1. The molecule has 0 aliphatic carbocycles. The van der Waals surface area contributed by atoms with E-state index >= 15 is 0 Å². The monoisotopic (exact) mass is 311 g/mol. The second-order valence-electron chi connectivity index (χ2n) is 5.46. The van der Waals surface area contributed by atoms with Gasteiger partial charge in [-0.25, -0.2) is 0 Å². The van der Waals surface area contributed by atoms with Crippen molar-refractivity contribution in [1.29, 1.82) is 0 Å². The van der Waals surface area contributed by atoms with E-state index in [-0.39, 0.29) is 0 Å². The van der Waals surface area contributed by atoms with Crippen molar-refractivity contribution in [3.63, 3.8) is 0 Å². The predicted octanol–water partition coefficient (Wildman–Crippen LogP) is 3.57. The van der Waals surface area contributed by atoms with Crippen molar-refractivity contribution in [2.24, 2.45) is 5.41 Å². The fourth-order valence-electron chi connectivity index (χ4n) is 2.92. The van der Waals surface area contributed by atoms with Gasteiger partial charge in [-0.3, -0.25) is 0 Å². The van der Waals surface area contributed by atoms with Crippen LogP contribution in [-0.4, -0.2) is 26.8 Å². The lowest BCUT2D eigenvalue weighted by Crippen LogP contribution is -2.42. The fraction of sp³-hybridized carbons (Fsp3) is 0.600. The highest BCUT2D eigenvalue weighted by molar-refractivity contribution is 9.10. The van der Waals surface area contributed by atoms with Crippen molar-refractivity contribution in [1.82, 2.24) is 5.32 Å². The molecule has 1 heterocycles. The summed E-state index contributed by atoms with van der Waals surface area (Å²) in [5, 5.41) is 3.53. The number of benzene rings is 1. The number of piperidine rings is 1. The molecule has 1 aromatic rings. The van der Waals surface area contributed by atoms with E-state index in [1.54, 1.807) is 7.11 Å². The van der Waals surface area contributed by atoms with Gasteiger partial charge in [-0.2, -0.15) is 0 Å². The summed E-state index contributed by atoms with van der Waals surface area (Å²) < 4.78 is 6.45. The molecule has 0 aromatic heterocycles. The second kappa shape index (κ2) is 6.18. The lowest BCUT2D eigenvalue weighted by atomic mass is 9.67. The highest BCUT2D eigenvalue weighted by Gasteiger charge is 2.37. The van der Waals surface area contributed by atoms with E-state index in [4.69, 9.17) is 4.74 Å². The summed E-state index contributed by atoms with van der Waals surface area (Å²) in [6.07, 6.45) is 2.34. The minimum absolute atomic E-state index is 0.335. The Morgan fingerprint density at radius 2 is 2.33 bits per heavy atom. The summed E-state index contributed by atoms with van der Waals surface area (Å²) in [4.78, 5) is 0. The van der Waals surface area contributed by atoms with Crippen LogP contribution in [0.4, 0.5) is 0 Å². The predicted molar refractivity (Wildman–Crippen MR) is 79.0 cm³/mol. The maximum absolute atomic E-state index is 5.29. The van der Waals surface area contributed by atoms with Crippen LogP contribution in [0.15, 0.2) is 28.7 Å². The van der Waals surface area contributed by atoms with Gasteiger partial charge in [0.05, 0.1) is 0 Å². The second-order valence-corrected chi connectivity index (χ2v) is 6.37. The Hall–Kier alpha value is -0.380. The third-order valence-electron chi connectivity index (χ3n) is 4.19. The molecule has 1 saturated heterocycles. The van der Waals surface area contributed by atoms with Crippen molar-refractivity contribution in [2.75, 3.05) is 26.8 Å². The molecule has 0 amide bonds. The third-order valence-corrected chi connectivity index (χ3v) is 4.68. The van der Waals surface area contributed by atoms with Gasteiger partial charge >= 0.3 is 0 Å². The Kier molecular flexibility index (Phi) is 4.82. The number of hydrogen-bond acceptors (Lipinski definition) is 2. The number of halogens is 1. The van der Waals surface area contributed by atoms with Crippen molar-refractivity contribution in [3.05, 3.63) is 34.3 Å². The summed E-state index contributed by atoms with van der Waals surface area (Å²) in [5.74, 6) is 0.568. The van der Waals surface area contributed by atoms with Crippen LogP contribution < -0.4 is 5.32 Å². The van der Waals surface area contributed by atoms with Crippen LogP contribution in [-0.2, 0) is 4.74 Å². The van der Waals surface area contributed by atoms with Crippen LogP contribution >= 0.6 is 15.9 Å². The highest BCUT2D eigenvalue weighted by Crippen LogP contribution is 2.43. The molecule has 2 rings (SSSR count). The lowest BCUT2D eigenvalue weighted by molar-refractivity contribution is 0.104. The first-order chi connectivity index (χ1) is 8.65. The molecule has 1 aliphatic rings. The number of ether oxygens (including phenoxy) is 1. The van der Waals surface area contributed by atoms with E-state index in [2.05, 4.69) is 52.4 Å². The summed E-state index contributed by atoms with van der Waals surface area (Å²) in [6.45, 7) is 5.43. The molecule has 0 spiro atoms. The largest absolute Gasteiger partial charge is 0.385 e. The van der Waals surface area contributed by atoms with Gasteiger partial charge in [0.2, 0.25) is 0 Å². The Morgan fingerprint density at radius 3 is 3.06 bits per heavy atom. The Balaban J connectivity index is 2.22. The van der Waals surface area contributed by atoms with Crippen LogP contribution in [0.2, 0.25) is 0 Å². The smallest absolute Gasteiger partial charge is 0.0467 e. The van der Waals surface area contributed by atoms with Gasteiger partial charge < -0.3 is 10.1 Å². The van der Waals surface area contributed by atoms with Crippen LogP contribution in [0.1, 0.15) is 31.2 Å². The Bertz CT molecular complexity index is 396. The molecule has 100 valence electrons. The van der Waals surface area contributed by atoms with E-state index < -0.39 is 0 Å². The van der Waals surface area contributed by atoms with Gasteiger partial charge in [0, 0.05) is 30.7 Å². The van der Waals surface area contributed by atoms with Crippen LogP contribution in [0.3, 0.4) is 0 Å². The van der Waals surface area contributed by atoms with E-state index in [9.17, 15) is 0 Å². The normalized spacial score (nSPS) is 28.3. The fourth-order valence-corrected chi connectivity index (χ4v) is 3.34. The Labute approximate surface area is 118 Å². The molecule has 3 heteroatoms. The first kappa shape index (κ1) is 14.0. The minimum atomic E-state index is 0.335. The molecule has 2 nitrogen and oxygen atoms in total. The van der Waals surface area contributed by atoms with Gasteiger partial charge in [0.1, 0.15) is 0 Å². The molecule has 0 radical (unpaired) electrons. The summed E-state index contributed by atoms with van der Waals surface area (Å²) in [6, 6.07) is 8.72. The van der Waals surface area contributed by atoms with Crippen molar-refractivity contribution >= 4 is 15.9 Å². The summed E-state index contributed by atoms with van der Waals surface area (Å²) in [5.41, 5.74) is 1.76. The molecule has 1 fully saturated rings. The van der Waals surface area contributed by atoms with Gasteiger partial charge in [0.25, 0.3) is 0 Å². The number of methoxy groups -OCH3 is 1. The Morgan fingerprint density at radius 1 is 1.50 bits per heavy atom. The lowest BCUT2D eigenvalue weighted by Gasteiger charge is -2.42. The van der Waals surface area contributed by atoms with E-state index in [0.29, 0.717) is 11.3 Å². The molecule has 1 N–H and O–H groups in total. The molecular weight excluding hydrogens is 290 g/mol. The molecule has 2 unspecified atom stereocenters. The van der Waals surface area contributed by atoms with Crippen LogP contribution in [0.5, 0.6) is 0 Å². The molecule has 1 aromatic carbocycles. The van der Waals surface area contributed by atoms with Crippen molar-refractivity contribution in [2.45, 2.75) is 25.7 Å². The van der Waals surface area contributed by atoms with Gasteiger partial charge in [-0.05, 0) is 42.5 Å². The standard InChI is InChI=1S/C15H22BrNO/c1-15(7-9-18-2)6-8-17-11-14(15)12-4-3-5-13(16)10-12/h3-5,10,14,17H,6-9,11H2,1-2H3. The van der Waals surface area contributed by atoms with Crippen molar-refractivity contribution in [3.8, 4) is 0 Å². The molecule has 18 heavy (non-hydrogen) atoms. The molecular formula is C15H22BrNO. The first-order valence-electron chi connectivity index (χ1n) is 6.61. The van der Waals surface area contributed by atoms with Crippen LogP contribution in [0, 0.1) is 5.41 Å². The van der Waals surface area contributed by atoms with E-state index in [1.165, 1.54) is 16.5 Å². The van der Waals surface area contributed by atoms with Gasteiger partial charge in [-0.1, -0.05) is 35.0 Å². The van der Waals surface area contributed by atoms with E-state index in [1.807, 2.05) is 0 Å². The average molecular weight is 312 g/mol. The van der Waals surface area contributed by atoms with Crippen molar-refractivity contribution < 1.29 is 4.74 Å². The number of rotatable bonds is 4. The SMILES string of the molecule is COCCC1(C)CCNCC1c1cccc(Br)c1. The topological polar surface area (TPSA) is 21.3 Å².